The van der Waals surface area contributed by atoms with Crippen molar-refractivity contribution in [2.24, 2.45) is 0 Å². The number of amides is 1. The summed E-state index contributed by atoms with van der Waals surface area (Å²) in [6.07, 6.45) is 0. The summed E-state index contributed by atoms with van der Waals surface area (Å²) in [6.45, 7) is 5.84. The van der Waals surface area contributed by atoms with E-state index in [1.165, 1.54) is 0 Å². The molecule has 0 atom stereocenters. The van der Waals surface area contributed by atoms with Crippen molar-refractivity contribution in [3.63, 3.8) is 0 Å². The number of nitrogens with one attached hydrogen (secondary N) is 1. The van der Waals surface area contributed by atoms with Gasteiger partial charge in [-0.15, -0.1) is 0 Å². The van der Waals surface area contributed by atoms with Gasteiger partial charge in [0.05, 0.1) is 11.4 Å². The number of carbonyl (C=O) groups excluding carboxylic acids is 1. The Bertz CT molecular complexity index is 818. The van der Waals surface area contributed by atoms with Gasteiger partial charge in [-0.2, -0.15) is 5.10 Å². The maximum atomic E-state index is 12.4. The van der Waals surface area contributed by atoms with Crippen molar-refractivity contribution in [2.45, 2.75) is 26.7 Å². The minimum Gasteiger partial charge on any atom is -0.360 e. The first kappa shape index (κ1) is 15.0. The highest BCUT2D eigenvalue weighted by Crippen LogP contribution is 2.19. The maximum absolute atomic E-state index is 12.4. The van der Waals surface area contributed by atoms with Crippen LogP contribution < -0.4 is 5.32 Å². The van der Waals surface area contributed by atoms with Crippen molar-refractivity contribution in [3.8, 4) is 5.69 Å². The fourth-order valence-electron chi connectivity index (χ4n) is 2.20. The summed E-state index contributed by atoms with van der Waals surface area (Å²) < 4.78 is 6.86. The molecule has 6 nitrogen and oxygen atoms in total. The van der Waals surface area contributed by atoms with Gasteiger partial charge in [-0.05, 0) is 19.1 Å². The van der Waals surface area contributed by atoms with Crippen LogP contribution in [-0.4, -0.2) is 20.8 Å². The molecule has 0 unspecified atom stereocenters. The van der Waals surface area contributed by atoms with E-state index in [9.17, 15) is 4.79 Å². The number of benzene rings is 1. The predicted octanol–water partition coefficient (Wildman–Crippen LogP) is 3.54. The van der Waals surface area contributed by atoms with E-state index in [1.54, 1.807) is 10.7 Å². The number of hydrogen-bond donors (Lipinski definition) is 1. The summed E-state index contributed by atoms with van der Waals surface area (Å²) in [7, 11) is 0. The summed E-state index contributed by atoms with van der Waals surface area (Å²) in [6, 6.07) is 13.1. The molecule has 0 fully saturated rings. The smallest absolute Gasteiger partial charge is 0.279 e. The molecule has 0 saturated carbocycles. The molecule has 1 N–H and O–H groups in total. The largest absolute Gasteiger partial charge is 0.360 e. The molecule has 1 amide bonds. The van der Waals surface area contributed by atoms with Crippen molar-refractivity contribution in [1.82, 2.24) is 14.9 Å². The van der Waals surface area contributed by atoms with E-state index in [2.05, 4.69) is 15.6 Å². The van der Waals surface area contributed by atoms with E-state index in [0.29, 0.717) is 11.6 Å². The van der Waals surface area contributed by atoms with Gasteiger partial charge in [0.2, 0.25) is 0 Å². The highest BCUT2D eigenvalue weighted by molar-refractivity contribution is 6.02. The lowest BCUT2D eigenvalue weighted by Crippen LogP contribution is -2.15. The average Bonchev–Trinajstić information content (AvgIpc) is 3.15. The molecule has 3 rings (SSSR count). The van der Waals surface area contributed by atoms with Gasteiger partial charge in [0.15, 0.2) is 5.69 Å². The Balaban J connectivity index is 1.86. The van der Waals surface area contributed by atoms with Gasteiger partial charge in [0.1, 0.15) is 11.6 Å². The molecule has 0 bridgehead atoms. The second-order valence-electron chi connectivity index (χ2n) is 5.64. The SMILES string of the molecule is Cc1cc(NC(=O)c2cc(C(C)C)on2)n(-c2ccccc2)n1. The van der Waals surface area contributed by atoms with Gasteiger partial charge in [-0.1, -0.05) is 37.2 Å². The van der Waals surface area contributed by atoms with E-state index in [0.717, 1.165) is 11.4 Å². The van der Waals surface area contributed by atoms with E-state index < -0.39 is 0 Å². The van der Waals surface area contributed by atoms with E-state index in [1.807, 2.05) is 57.2 Å². The number of anilines is 1. The topological polar surface area (TPSA) is 73.0 Å². The monoisotopic (exact) mass is 310 g/mol. The number of para-hydroxylation sites is 1. The Morgan fingerprint density at radius 3 is 2.61 bits per heavy atom. The van der Waals surface area contributed by atoms with Crippen LogP contribution >= 0.6 is 0 Å². The van der Waals surface area contributed by atoms with E-state index >= 15 is 0 Å². The number of nitrogens with zero attached hydrogens (tertiary/aromatic N) is 3. The number of rotatable bonds is 4. The number of carbonyl (C=O) groups is 1. The molecule has 2 heterocycles. The quantitative estimate of drug-likeness (QED) is 0.800. The van der Waals surface area contributed by atoms with Gasteiger partial charge < -0.3 is 9.84 Å². The zero-order chi connectivity index (χ0) is 16.4. The third-order valence-corrected chi connectivity index (χ3v) is 3.40. The van der Waals surface area contributed by atoms with E-state index in [-0.39, 0.29) is 17.5 Å². The fraction of sp³-hybridized carbons (Fsp3) is 0.235. The summed E-state index contributed by atoms with van der Waals surface area (Å²) in [5.74, 6) is 1.13. The number of aromatic nitrogens is 3. The molecular weight excluding hydrogens is 292 g/mol. The molecule has 0 saturated heterocycles. The van der Waals surface area contributed by atoms with Crippen molar-refractivity contribution in [2.75, 3.05) is 5.32 Å². The van der Waals surface area contributed by atoms with Crippen molar-refractivity contribution < 1.29 is 9.32 Å². The number of hydrogen-bond acceptors (Lipinski definition) is 4. The summed E-state index contributed by atoms with van der Waals surface area (Å²) in [4.78, 5) is 12.4. The van der Waals surface area contributed by atoms with Crippen molar-refractivity contribution in [3.05, 3.63) is 59.6 Å². The van der Waals surface area contributed by atoms with Crippen molar-refractivity contribution in [1.29, 1.82) is 0 Å². The van der Waals surface area contributed by atoms with Crippen molar-refractivity contribution >= 4 is 11.7 Å². The molecule has 0 aliphatic rings. The molecule has 0 aliphatic heterocycles. The second-order valence-corrected chi connectivity index (χ2v) is 5.64. The normalized spacial score (nSPS) is 11.0. The van der Waals surface area contributed by atoms with Crippen LogP contribution in [0.4, 0.5) is 5.82 Å². The van der Waals surface area contributed by atoms with Crippen LogP contribution in [0.5, 0.6) is 0 Å². The van der Waals surface area contributed by atoms with Crippen LogP contribution in [0.15, 0.2) is 47.0 Å². The Kier molecular flexibility index (Phi) is 3.97. The molecule has 0 spiro atoms. The van der Waals surface area contributed by atoms with Gasteiger partial charge in [-0.25, -0.2) is 4.68 Å². The molecule has 2 aromatic heterocycles. The van der Waals surface area contributed by atoms with Crippen LogP contribution in [0.25, 0.3) is 5.69 Å². The van der Waals surface area contributed by atoms with Crippen LogP contribution in [0, 0.1) is 6.92 Å². The van der Waals surface area contributed by atoms with Crippen LogP contribution in [-0.2, 0) is 0 Å². The Labute approximate surface area is 134 Å². The standard InChI is InChI=1S/C17H18N4O2/c1-11(2)15-10-14(20-23-15)17(22)18-16-9-12(3)19-21(16)13-7-5-4-6-8-13/h4-11H,1-3H3,(H,18,22). The van der Waals surface area contributed by atoms with Gasteiger partial charge in [-0.3, -0.25) is 4.79 Å². The third kappa shape index (κ3) is 3.15. The zero-order valence-electron chi connectivity index (χ0n) is 13.3. The number of aryl methyl sites for hydroxylation is 1. The summed E-state index contributed by atoms with van der Waals surface area (Å²) >= 11 is 0. The summed E-state index contributed by atoms with van der Waals surface area (Å²) in [5, 5.41) is 11.1. The van der Waals surface area contributed by atoms with Crippen LogP contribution in [0.2, 0.25) is 0 Å². The maximum Gasteiger partial charge on any atom is 0.279 e. The van der Waals surface area contributed by atoms with Crippen LogP contribution in [0.1, 0.15) is 41.7 Å². The van der Waals surface area contributed by atoms with E-state index in [4.69, 9.17) is 4.52 Å². The fourth-order valence-corrected chi connectivity index (χ4v) is 2.20. The molecular formula is C17H18N4O2. The Hall–Kier alpha value is -2.89. The molecule has 0 aliphatic carbocycles. The Morgan fingerprint density at radius 1 is 1.22 bits per heavy atom. The first-order valence-corrected chi connectivity index (χ1v) is 7.44. The molecule has 118 valence electrons. The lowest BCUT2D eigenvalue weighted by Gasteiger charge is -2.07. The minimum absolute atomic E-state index is 0.182. The van der Waals surface area contributed by atoms with Gasteiger partial charge in [0.25, 0.3) is 5.91 Å². The second kappa shape index (κ2) is 6.08. The average molecular weight is 310 g/mol. The first-order chi connectivity index (χ1) is 11.0. The Morgan fingerprint density at radius 2 is 1.96 bits per heavy atom. The third-order valence-electron chi connectivity index (χ3n) is 3.40. The lowest BCUT2D eigenvalue weighted by atomic mass is 10.1. The zero-order valence-corrected chi connectivity index (χ0v) is 13.3. The molecule has 3 aromatic rings. The predicted molar refractivity (Wildman–Crippen MR) is 86.8 cm³/mol. The molecule has 1 aromatic carbocycles. The molecule has 23 heavy (non-hydrogen) atoms. The minimum atomic E-state index is -0.322. The van der Waals surface area contributed by atoms with Crippen LogP contribution in [0.3, 0.4) is 0 Å². The lowest BCUT2D eigenvalue weighted by molar-refractivity contribution is 0.101. The molecule has 0 radical (unpaired) electrons. The first-order valence-electron chi connectivity index (χ1n) is 7.44. The summed E-state index contributed by atoms with van der Waals surface area (Å²) in [5.41, 5.74) is 1.94. The van der Waals surface area contributed by atoms with Gasteiger partial charge >= 0.3 is 0 Å². The van der Waals surface area contributed by atoms with Gasteiger partial charge in [0, 0.05) is 18.1 Å². The highest BCUT2D eigenvalue weighted by atomic mass is 16.5. The highest BCUT2D eigenvalue weighted by Gasteiger charge is 2.17. The molecule has 6 heteroatoms.